The van der Waals surface area contributed by atoms with Gasteiger partial charge in [-0.3, -0.25) is 9.78 Å². The Morgan fingerprint density at radius 3 is 2.53 bits per heavy atom. The van der Waals surface area contributed by atoms with Gasteiger partial charge in [0.25, 0.3) is 15.4 Å². The summed E-state index contributed by atoms with van der Waals surface area (Å²) in [6, 6.07) is 0. The van der Waals surface area contributed by atoms with E-state index in [-0.39, 0.29) is 11.6 Å². The minimum atomic E-state index is -5.64. The fourth-order valence-electron chi connectivity index (χ4n) is 1.59. The van der Waals surface area contributed by atoms with Crippen LogP contribution in [0.15, 0.2) is 15.9 Å². The molecule has 0 aliphatic carbocycles. The third-order valence-electron chi connectivity index (χ3n) is 2.40. The van der Waals surface area contributed by atoms with E-state index in [1.807, 2.05) is 4.98 Å². The molecule has 2 rings (SSSR count). The van der Waals surface area contributed by atoms with Crippen molar-refractivity contribution in [2.24, 2.45) is 7.05 Å². The molecule has 11 heteroatoms. The number of sulfone groups is 1. The van der Waals surface area contributed by atoms with Crippen LogP contribution in [0, 0.1) is 0 Å². The van der Waals surface area contributed by atoms with E-state index in [1.54, 1.807) is 0 Å². The summed E-state index contributed by atoms with van der Waals surface area (Å²) < 4.78 is 61.3. The van der Waals surface area contributed by atoms with Crippen molar-refractivity contribution in [2.75, 3.05) is 5.73 Å². The van der Waals surface area contributed by atoms with Crippen molar-refractivity contribution >= 4 is 26.8 Å². The Hall–Kier alpha value is -2.04. The van der Waals surface area contributed by atoms with Crippen LogP contribution in [0.5, 0.6) is 0 Å². The minimum Gasteiger partial charge on any atom is -0.369 e. The van der Waals surface area contributed by atoms with Gasteiger partial charge in [0.1, 0.15) is 10.3 Å². The summed E-state index contributed by atoms with van der Waals surface area (Å²) in [7, 11) is -4.39. The van der Waals surface area contributed by atoms with Gasteiger partial charge < -0.3 is 10.3 Å². The maximum Gasteiger partial charge on any atom is 0.501 e. The summed E-state index contributed by atoms with van der Waals surface area (Å²) in [6.45, 7) is 0. The molecule has 0 saturated carbocycles. The van der Waals surface area contributed by atoms with Gasteiger partial charge in [0.05, 0.1) is 0 Å². The Balaban J connectivity index is 2.97. The van der Waals surface area contributed by atoms with Gasteiger partial charge in [0, 0.05) is 13.2 Å². The van der Waals surface area contributed by atoms with Crippen molar-refractivity contribution in [3.8, 4) is 0 Å². The molecule has 0 saturated heterocycles. The van der Waals surface area contributed by atoms with Gasteiger partial charge in [-0.1, -0.05) is 0 Å². The summed E-state index contributed by atoms with van der Waals surface area (Å²) in [5, 5.41) is -0.672. The first kappa shape index (κ1) is 13.4. The average Bonchev–Trinajstić information content (AvgIpc) is 2.55. The Morgan fingerprint density at radius 2 is 2.00 bits per heavy atom. The molecule has 104 valence electrons. The van der Waals surface area contributed by atoms with Gasteiger partial charge in [-0.2, -0.15) is 18.2 Å². The Kier molecular flexibility index (Phi) is 2.63. The van der Waals surface area contributed by atoms with Crippen LogP contribution in [0.1, 0.15) is 0 Å². The molecular weight excluding hydrogens is 289 g/mol. The van der Waals surface area contributed by atoms with Crippen molar-refractivity contribution in [3.63, 3.8) is 0 Å². The quantitative estimate of drug-likeness (QED) is 0.777. The average molecular weight is 296 g/mol. The maximum absolute atomic E-state index is 12.5. The van der Waals surface area contributed by atoms with Crippen LogP contribution in [0.2, 0.25) is 0 Å². The lowest BCUT2D eigenvalue weighted by Gasteiger charge is -2.05. The normalized spacial score (nSPS) is 13.1. The lowest BCUT2D eigenvalue weighted by atomic mass is 10.4. The topological polar surface area (TPSA) is 111 Å². The van der Waals surface area contributed by atoms with Crippen LogP contribution in [-0.2, 0) is 16.9 Å². The highest BCUT2D eigenvalue weighted by Crippen LogP contribution is 2.33. The van der Waals surface area contributed by atoms with E-state index in [1.165, 1.54) is 7.05 Å². The number of aryl methyl sites for hydroxylation is 1. The van der Waals surface area contributed by atoms with Gasteiger partial charge >= 0.3 is 5.51 Å². The number of aromatic amines is 1. The van der Waals surface area contributed by atoms with Gasteiger partial charge in [0.15, 0.2) is 5.65 Å². The van der Waals surface area contributed by atoms with E-state index in [0.717, 1.165) is 4.57 Å². The largest absolute Gasteiger partial charge is 0.501 e. The van der Waals surface area contributed by atoms with Crippen molar-refractivity contribution in [3.05, 3.63) is 16.6 Å². The first-order valence-electron chi connectivity index (χ1n) is 4.72. The predicted molar refractivity (Wildman–Crippen MR) is 59.0 cm³/mol. The first-order chi connectivity index (χ1) is 8.55. The molecule has 0 aromatic carbocycles. The van der Waals surface area contributed by atoms with Gasteiger partial charge in [-0.25, -0.2) is 8.42 Å². The minimum absolute atomic E-state index is 0.246. The molecule has 0 aliphatic heterocycles. The number of anilines is 1. The van der Waals surface area contributed by atoms with Crippen LogP contribution >= 0.6 is 0 Å². The Labute approximate surface area is 103 Å². The van der Waals surface area contributed by atoms with E-state index < -0.39 is 31.2 Å². The number of nitrogen functional groups attached to an aromatic ring is 1. The number of nitrogens with zero attached hydrogens (tertiary/aromatic N) is 2. The fourth-order valence-corrected chi connectivity index (χ4v) is 2.58. The van der Waals surface area contributed by atoms with Gasteiger partial charge in [-0.15, -0.1) is 0 Å². The summed E-state index contributed by atoms with van der Waals surface area (Å²) in [5.41, 5.74) is -1.56. The molecule has 2 aromatic rings. The number of hydrogen-bond donors (Lipinski definition) is 2. The van der Waals surface area contributed by atoms with Crippen molar-refractivity contribution in [1.29, 1.82) is 0 Å². The molecule has 0 bridgehead atoms. The number of aromatic nitrogens is 3. The molecule has 0 amide bonds. The monoisotopic (exact) mass is 296 g/mol. The zero-order valence-electron chi connectivity index (χ0n) is 9.32. The molecule has 0 radical (unpaired) electrons. The highest BCUT2D eigenvalue weighted by atomic mass is 32.2. The Morgan fingerprint density at radius 1 is 1.42 bits per heavy atom. The van der Waals surface area contributed by atoms with E-state index in [0.29, 0.717) is 6.20 Å². The number of nitrogens with two attached hydrogens (primary N) is 1. The smallest absolute Gasteiger partial charge is 0.369 e. The molecule has 2 aromatic heterocycles. The lowest BCUT2D eigenvalue weighted by Crippen LogP contribution is -2.24. The fraction of sp³-hybridized carbons (Fsp3) is 0.250. The number of fused-ring (bicyclic) bond motifs is 1. The molecular formula is C8H7F3N4O3S. The summed E-state index contributed by atoms with van der Waals surface area (Å²) in [5.74, 6) is -0.324. The summed E-state index contributed by atoms with van der Waals surface area (Å²) >= 11 is 0. The van der Waals surface area contributed by atoms with Crippen LogP contribution in [0.25, 0.3) is 11.0 Å². The van der Waals surface area contributed by atoms with E-state index in [4.69, 9.17) is 5.73 Å². The third-order valence-corrected chi connectivity index (χ3v) is 3.90. The van der Waals surface area contributed by atoms with Gasteiger partial charge in [-0.05, 0) is 0 Å². The molecule has 3 N–H and O–H groups in total. The molecule has 0 atom stereocenters. The van der Waals surface area contributed by atoms with E-state index in [9.17, 15) is 26.4 Å². The van der Waals surface area contributed by atoms with E-state index in [2.05, 4.69) is 4.98 Å². The highest BCUT2D eigenvalue weighted by molar-refractivity contribution is 7.92. The molecule has 0 unspecified atom stereocenters. The maximum atomic E-state index is 12.5. The third kappa shape index (κ3) is 1.85. The molecule has 0 fully saturated rings. The molecule has 0 aliphatic rings. The summed E-state index contributed by atoms with van der Waals surface area (Å²) in [4.78, 5) is 16.0. The number of H-pyrrole nitrogens is 1. The molecule has 0 spiro atoms. The SMILES string of the molecule is Cn1cc(S(=O)(=O)C(F)(F)F)c2c(=O)[nH]c(N)nc21. The second-order valence-electron chi connectivity index (χ2n) is 3.70. The summed E-state index contributed by atoms with van der Waals surface area (Å²) in [6.07, 6.45) is 0.676. The number of alkyl halides is 3. The van der Waals surface area contributed by atoms with Crippen LogP contribution in [-0.4, -0.2) is 28.5 Å². The zero-order valence-corrected chi connectivity index (χ0v) is 10.1. The number of halogens is 3. The number of hydrogen-bond acceptors (Lipinski definition) is 5. The second kappa shape index (κ2) is 3.73. The predicted octanol–water partition coefficient (Wildman–Crippen LogP) is 0.137. The zero-order chi connectivity index (χ0) is 14.6. The van der Waals surface area contributed by atoms with Crippen molar-refractivity contribution in [1.82, 2.24) is 14.5 Å². The van der Waals surface area contributed by atoms with Crippen molar-refractivity contribution < 1.29 is 21.6 Å². The molecule has 19 heavy (non-hydrogen) atoms. The van der Waals surface area contributed by atoms with Crippen LogP contribution in [0.4, 0.5) is 19.1 Å². The first-order valence-corrected chi connectivity index (χ1v) is 6.20. The standard InChI is InChI=1S/C8H7F3N4O3S/c1-15-2-3(19(17,18)8(9,10)11)4-5(15)13-7(12)14-6(4)16/h2H,1H3,(H3,12,13,14,16). The second-order valence-corrected chi connectivity index (χ2v) is 5.61. The van der Waals surface area contributed by atoms with Gasteiger partial charge in [0.2, 0.25) is 5.95 Å². The Bertz CT molecular complexity index is 818. The van der Waals surface area contributed by atoms with E-state index >= 15 is 0 Å². The number of nitrogens with one attached hydrogen (secondary N) is 1. The lowest BCUT2D eigenvalue weighted by molar-refractivity contribution is -0.0435. The highest BCUT2D eigenvalue weighted by Gasteiger charge is 2.48. The number of rotatable bonds is 1. The van der Waals surface area contributed by atoms with Crippen LogP contribution in [0.3, 0.4) is 0 Å². The molecule has 7 nitrogen and oxygen atoms in total. The van der Waals surface area contributed by atoms with Crippen LogP contribution < -0.4 is 11.3 Å². The molecule has 2 heterocycles. The van der Waals surface area contributed by atoms with Crippen molar-refractivity contribution in [2.45, 2.75) is 10.4 Å².